The van der Waals surface area contributed by atoms with Gasteiger partial charge in [-0.3, -0.25) is 4.79 Å². The number of phenols is 1. The first kappa shape index (κ1) is 10.4. The minimum atomic E-state index is -0.0324. The van der Waals surface area contributed by atoms with Gasteiger partial charge in [-0.25, -0.2) is 0 Å². The zero-order valence-electron chi connectivity index (χ0n) is 8.70. The van der Waals surface area contributed by atoms with Gasteiger partial charge in [-0.15, -0.1) is 0 Å². The summed E-state index contributed by atoms with van der Waals surface area (Å²) in [6.07, 6.45) is 0. The van der Waals surface area contributed by atoms with Crippen molar-refractivity contribution in [2.24, 2.45) is 0 Å². The first-order valence-electron chi connectivity index (χ1n) is 5.09. The lowest BCUT2D eigenvalue weighted by atomic mass is 10.1. The smallest absolute Gasteiger partial charge is 0.197 e. The van der Waals surface area contributed by atoms with Gasteiger partial charge < -0.3 is 10.1 Å². The molecular formula is C13H8BrNO2. The molecule has 0 aliphatic rings. The topological polar surface area (TPSA) is 53.1 Å². The van der Waals surface area contributed by atoms with E-state index in [9.17, 15) is 9.90 Å². The standard InChI is InChI=1S/C13H8BrNO2/c14-7-1-4-11-10(5-7)13(17)9-3-2-8(16)6-12(9)15-11/h1-6,16H,(H,15,17). The van der Waals surface area contributed by atoms with Crippen LogP contribution in [0.1, 0.15) is 0 Å². The zero-order valence-corrected chi connectivity index (χ0v) is 10.3. The second kappa shape index (κ2) is 3.60. The van der Waals surface area contributed by atoms with Gasteiger partial charge in [0.1, 0.15) is 5.75 Å². The summed E-state index contributed by atoms with van der Waals surface area (Å²) in [6, 6.07) is 10.2. The van der Waals surface area contributed by atoms with E-state index in [0.717, 1.165) is 9.99 Å². The number of aromatic nitrogens is 1. The monoisotopic (exact) mass is 289 g/mol. The summed E-state index contributed by atoms with van der Waals surface area (Å²) in [6.45, 7) is 0. The molecule has 0 spiro atoms. The van der Waals surface area contributed by atoms with E-state index in [0.29, 0.717) is 16.3 Å². The molecule has 0 atom stereocenters. The maximum absolute atomic E-state index is 12.2. The molecule has 0 saturated heterocycles. The van der Waals surface area contributed by atoms with E-state index in [1.165, 1.54) is 6.07 Å². The minimum absolute atomic E-state index is 0.0324. The summed E-state index contributed by atoms with van der Waals surface area (Å²) in [5.41, 5.74) is 1.37. The van der Waals surface area contributed by atoms with E-state index in [4.69, 9.17) is 0 Å². The molecule has 2 N–H and O–H groups in total. The third kappa shape index (κ3) is 1.61. The van der Waals surface area contributed by atoms with Crippen LogP contribution >= 0.6 is 15.9 Å². The molecule has 0 fully saturated rings. The predicted octanol–water partition coefficient (Wildman–Crippen LogP) is 3.15. The number of benzene rings is 2. The number of aromatic hydroxyl groups is 1. The maximum Gasteiger partial charge on any atom is 0.197 e. The van der Waals surface area contributed by atoms with E-state index in [-0.39, 0.29) is 11.2 Å². The predicted molar refractivity (Wildman–Crippen MR) is 71.4 cm³/mol. The number of hydrogen-bond acceptors (Lipinski definition) is 2. The summed E-state index contributed by atoms with van der Waals surface area (Å²) < 4.78 is 0.869. The van der Waals surface area contributed by atoms with Crippen molar-refractivity contribution < 1.29 is 5.11 Å². The zero-order chi connectivity index (χ0) is 12.0. The number of nitrogens with one attached hydrogen (secondary N) is 1. The van der Waals surface area contributed by atoms with E-state index < -0.39 is 0 Å². The van der Waals surface area contributed by atoms with Gasteiger partial charge in [0.2, 0.25) is 0 Å². The van der Waals surface area contributed by atoms with Crippen LogP contribution in [0.2, 0.25) is 0 Å². The van der Waals surface area contributed by atoms with Crippen molar-refractivity contribution in [1.82, 2.24) is 4.98 Å². The third-order valence-corrected chi connectivity index (χ3v) is 3.24. The maximum atomic E-state index is 12.2. The van der Waals surface area contributed by atoms with Crippen LogP contribution in [0.4, 0.5) is 0 Å². The lowest BCUT2D eigenvalue weighted by Crippen LogP contribution is -2.03. The van der Waals surface area contributed by atoms with Gasteiger partial charge >= 0.3 is 0 Å². The Hall–Kier alpha value is -1.81. The molecule has 4 heteroatoms. The molecule has 1 heterocycles. The molecular weight excluding hydrogens is 282 g/mol. The fourth-order valence-electron chi connectivity index (χ4n) is 1.94. The first-order valence-corrected chi connectivity index (χ1v) is 5.89. The Morgan fingerprint density at radius 1 is 1.00 bits per heavy atom. The number of rotatable bonds is 0. The van der Waals surface area contributed by atoms with Crippen LogP contribution in [-0.4, -0.2) is 10.1 Å². The van der Waals surface area contributed by atoms with Crippen LogP contribution < -0.4 is 5.43 Å². The van der Waals surface area contributed by atoms with Gasteiger partial charge in [-0.2, -0.15) is 0 Å². The van der Waals surface area contributed by atoms with Crippen molar-refractivity contribution in [2.75, 3.05) is 0 Å². The molecule has 3 aromatic rings. The Labute approximate surface area is 105 Å². The number of halogens is 1. The fraction of sp³-hybridized carbons (Fsp3) is 0. The van der Waals surface area contributed by atoms with Crippen LogP contribution in [0.15, 0.2) is 45.7 Å². The van der Waals surface area contributed by atoms with E-state index in [2.05, 4.69) is 20.9 Å². The highest BCUT2D eigenvalue weighted by Gasteiger charge is 2.06. The van der Waals surface area contributed by atoms with Gasteiger partial charge in [0.15, 0.2) is 5.43 Å². The average molecular weight is 290 g/mol. The van der Waals surface area contributed by atoms with Crippen LogP contribution in [0.25, 0.3) is 21.8 Å². The Balaban J connectivity index is 2.57. The summed E-state index contributed by atoms with van der Waals surface area (Å²) in [4.78, 5) is 15.4. The largest absolute Gasteiger partial charge is 0.508 e. The second-order valence-electron chi connectivity index (χ2n) is 3.87. The number of phenolic OH excluding ortho intramolecular Hbond substituents is 1. The second-order valence-corrected chi connectivity index (χ2v) is 4.79. The van der Waals surface area contributed by atoms with Gasteiger partial charge in [-0.05, 0) is 30.3 Å². The van der Waals surface area contributed by atoms with E-state index in [1.807, 2.05) is 12.1 Å². The van der Waals surface area contributed by atoms with Crippen LogP contribution in [0.5, 0.6) is 5.75 Å². The van der Waals surface area contributed by atoms with Crippen molar-refractivity contribution in [3.63, 3.8) is 0 Å². The Morgan fingerprint density at radius 2 is 1.82 bits per heavy atom. The molecule has 84 valence electrons. The van der Waals surface area contributed by atoms with Crippen LogP contribution in [0, 0.1) is 0 Å². The van der Waals surface area contributed by atoms with Crippen molar-refractivity contribution in [1.29, 1.82) is 0 Å². The number of fused-ring (bicyclic) bond motifs is 2. The Kier molecular flexibility index (Phi) is 2.19. The molecule has 0 bridgehead atoms. The van der Waals surface area contributed by atoms with Crippen LogP contribution in [-0.2, 0) is 0 Å². The average Bonchev–Trinajstić information content (AvgIpc) is 2.30. The van der Waals surface area contributed by atoms with E-state index in [1.54, 1.807) is 18.2 Å². The molecule has 3 rings (SSSR count). The molecule has 3 nitrogen and oxygen atoms in total. The molecule has 0 unspecified atom stereocenters. The molecule has 0 aliphatic heterocycles. The van der Waals surface area contributed by atoms with Gasteiger partial charge in [0.05, 0.1) is 5.52 Å². The molecule has 2 aromatic carbocycles. The molecule has 1 aromatic heterocycles. The molecule has 0 radical (unpaired) electrons. The molecule has 0 saturated carbocycles. The van der Waals surface area contributed by atoms with Crippen molar-refractivity contribution in [3.05, 3.63) is 51.1 Å². The summed E-state index contributed by atoms with van der Waals surface area (Å²) >= 11 is 3.35. The van der Waals surface area contributed by atoms with Crippen molar-refractivity contribution in [3.8, 4) is 5.75 Å². The van der Waals surface area contributed by atoms with Crippen molar-refractivity contribution >= 4 is 37.7 Å². The quantitative estimate of drug-likeness (QED) is 0.625. The Morgan fingerprint density at radius 3 is 2.65 bits per heavy atom. The lowest BCUT2D eigenvalue weighted by Gasteiger charge is -2.03. The normalized spacial score (nSPS) is 11.1. The lowest BCUT2D eigenvalue weighted by molar-refractivity contribution is 0.476. The number of pyridine rings is 1. The van der Waals surface area contributed by atoms with Gasteiger partial charge in [0.25, 0.3) is 0 Å². The highest BCUT2D eigenvalue weighted by Crippen LogP contribution is 2.21. The summed E-state index contributed by atoms with van der Waals surface area (Å²) in [7, 11) is 0. The molecule has 0 amide bonds. The minimum Gasteiger partial charge on any atom is -0.508 e. The summed E-state index contributed by atoms with van der Waals surface area (Å²) in [5, 5.41) is 10.6. The van der Waals surface area contributed by atoms with Gasteiger partial charge in [0, 0.05) is 26.8 Å². The number of H-pyrrole nitrogens is 1. The highest BCUT2D eigenvalue weighted by atomic mass is 79.9. The van der Waals surface area contributed by atoms with Crippen molar-refractivity contribution in [2.45, 2.75) is 0 Å². The third-order valence-electron chi connectivity index (χ3n) is 2.74. The number of aromatic amines is 1. The van der Waals surface area contributed by atoms with E-state index >= 15 is 0 Å². The Bertz CT molecular complexity index is 792. The van der Waals surface area contributed by atoms with Gasteiger partial charge in [-0.1, -0.05) is 15.9 Å². The van der Waals surface area contributed by atoms with Crippen LogP contribution in [0.3, 0.4) is 0 Å². The summed E-state index contributed by atoms with van der Waals surface area (Å²) in [5.74, 6) is 0.143. The SMILES string of the molecule is O=c1c2ccc(O)cc2[nH]c2ccc(Br)cc12. The highest BCUT2D eigenvalue weighted by molar-refractivity contribution is 9.10. The molecule has 17 heavy (non-hydrogen) atoms. The number of hydrogen-bond donors (Lipinski definition) is 2. The fourth-order valence-corrected chi connectivity index (χ4v) is 2.30. The first-order chi connectivity index (χ1) is 8.15. The molecule has 0 aliphatic carbocycles.